The molecule has 0 bridgehead atoms. The van der Waals surface area contributed by atoms with E-state index >= 15 is 0 Å². The van der Waals surface area contributed by atoms with Gasteiger partial charge >= 0.3 is 0 Å². The van der Waals surface area contributed by atoms with Crippen LogP contribution in [0, 0.1) is 39.5 Å². The third-order valence-corrected chi connectivity index (χ3v) is 10.9. The van der Waals surface area contributed by atoms with E-state index in [-0.39, 0.29) is 61.9 Å². The van der Waals surface area contributed by atoms with Gasteiger partial charge in [0, 0.05) is 124 Å². The summed E-state index contributed by atoms with van der Waals surface area (Å²) in [5.74, 6) is 2.28. The average molecular weight is 835 g/mol. The lowest BCUT2D eigenvalue weighted by atomic mass is 10.1. The number of carbonyl (C=O) groups excluding carboxylic acids is 4. The lowest BCUT2D eigenvalue weighted by Gasteiger charge is -2.31. The Labute approximate surface area is 362 Å². The monoisotopic (exact) mass is 834 g/mol. The van der Waals surface area contributed by atoms with E-state index in [0.717, 1.165) is 69.8 Å². The van der Waals surface area contributed by atoms with E-state index in [2.05, 4.69) is 44.0 Å². The van der Waals surface area contributed by atoms with Crippen molar-refractivity contribution in [3.05, 3.63) is 119 Å². The van der Waals surface area contributed by atoms with Gasteiger partial charge in [0.05, 0.1) is 22.8 Å². The van der Waals surface area contributed by atoms with Gasteiger partial charge in [0.25, 0.3) is 0 Å². The molecule has 62 heavy (non-hydrogen) atoms. The zero-order valence-corrected chi connectivity index (χ0v) is 36.4. The number of ketones is 2. The van der Waals surface area contributed by atoms with Crippen LogP contribution in [0.4, 0.5) is 11.6 Å². The van der Waals surface area contributed by atoms with E-state index in [4.69, 9.17) is 0 Å². The molecular formula is C48H54N10O4. The molecule has 8 heterocycles. The fraction of sp³-hybridized carbons (Fsp3) is 0.375. The first-order valence-electron chi connectivity index (χ1n) is 21.3. The van der Waals surface area contributed by atoms with Gasteiger partial charge < -0.3 is 0 Å². The SMILES string of the molecule is Cc1ccnc(-c2ccc(CC(=O)CCC(=O)N3C[C@@H](C)Cn4nc(C)cc43)nc2)c1.Cc1ccnc(-c2ccc(CC(=O)CCC(=O)N3C[C@H](C)Cn4nc(C)cc43)nc2)c1. The van der Waals surface area contributed by atoms with Gasteiger partial charge in [0.1, 0.15) is 23.2 Å². The van der Waals surface area contributed by atoms with Crippen molar-refractivity contribution in [3.8, 4) is 22.5 Å². The van der Waals surface area contributed by atoms with E-state index in [1.54, 1.807) is 34.6 Å². The van der Waals surface area contributed by atoms with Crippen LogP contribution in [-0.4, -0.2) is 76.0 Å². The van der Waals surface area contributed by atoms with Crippen LogP contribution in [0.2, 0.25) is 0 Å². The van der Waals surface area contributed by atoms with Crippen LogP contribution in [0.15, 0.2) is 85.5 Å². The fourth-order valence-electron chi connectivity index (χ4n) is 7.84. The fourth-order valence-corrected chi connectivity index (χ4v) is 7.84. The zero-order valence-electron chi connectivity index (χ0n) is 36.4. The first-order chi connectivity index (χ1) is 29.8. The third-order valence-electron chi connectivity index (χ3n) is 10.9. The average Bonchev–Trinajstić information content (AvgIpc) is 3.82. The number of rotatable bonds is 12. The van der Waals surface area contributed by atoms with Gasteiger partial charge in [-0.15, -0.1) is 0 Å². The highest BCUT2D eigenvalue weighted by Crippen LogP contribution is 2.27. The van der Waals surface area contributed by atoms with Crippen LogP contribution in [0.25, 0.3) is 22.5 Å². The minimum atomic E-state index is -0.0325. The predicted molar refractivity (Wildman–Crippen MR) is 237 cm³/mol. The Morgan fingerprint density at radius 2 is 0.952 bits per heavy atom. The Bertz CT molecular complexity index is 2380. The molecule has 2 amide bonds. The summed E-state index contributed by atoms with van der Waals surface area (Å²) >= 11 is 0. The van der Waals surface area contributed by atoms with Gasteiger partial charge in [-0.1, -0.05) is 13.8 Å². The smallest absolute Gasteiger partial charge is 0.228 e. The second-order valence-electron chi connectivity index (χ2n) is 16.8. The minimum absolute atomic E-state index is 0.0111. The second-order valence-corrected chi connectivity index (χ2v) is 16.8. The molecule has 2 aliphatic heterocycles. The van der Waals surface area contributed by atoms with Crippen LogP contribution < -0.4 is 9.80 Å². The first-order valence-corrected chi connectivity index (χ1v) is 21.3. The summed E-state index contributed by atoms with van der Waals surface area (Å²) in [5, 5.41) is 8.92. The Kier molecular flexibility index (Phi) is 13.5. The predicted octanol–water partition coefficient (Wildman–Crippen LogP) is 7.06. The molecule has 0 spiro atoms. The zero-order chi connectivity index (χ0) is 43.9. The Hall–Kier alpha value is -6.70. The Balaban J connectivity index is 0.000000186. The second kappa shape index (κ2) is 19.3. The Morgan fingerprint density at radius 3 is 1.32 bits per heavy atom. The Morgan fingerprint density at radius 1 is 0.532 bits per heavy atom. The summed E-state index contributed by atoms with van der Waals surface area (Å²) in [6, 6.07) is 19.3. The molecule has 6 aromatic rings. The molecule has 6 aromatic heterocycles. The van der Waals surface area contributed by atoms with E-state index in [9.17, 15) is 19.2 Å². The van der Waals surface area contributed by atoms with Crippen LogP contribution in [0.3, 0.4) is 0 Å². The molecular weight excluding hydrogens is 781 g/mol. The molecule has 0 N–H and O–H groups in total. The lowest BCUT2D eigenvalue weighted by Crippen LogP contribution is -2.41. The molecule has 0 unspecified atom stereocenters. The number of pyridine rings is 4. The molecule has 0 fully saturated rings. The summed E-state index contributed by atoms with van der Waals surface area (Å²) in [5.41, 5.74) is 9.03. The molecule has 0 saturated carbocycles. The number of Topliss-reactive ketones (excluding diaryl/α,β-unsaturated/α-hetero) is 2. The molecule has 0 aromatic carbocycles. The van der Waals surface area contributed by atoms with Crippen molar-refractivity contribution in [1.82, 2.24) is 39.5 Å². The van der Waals surface area contributed by atoms with Crippen molar-refractivity contribution in [1.29, 1.82) is 0 Å². The quantitative estimate of drug-likeness (QED) is 0.125. The van der Waals surface area contributed by atoms with Gasteiger partial charge in [0.15, 0.2) is 0 Å². The normalized spacial score (nSPS) is 15.6. The standard InChI is InChI=1S/2C24H27N5O2/c2*1-16-8-9-25-22(10-16)19-4-5-20(26-13-19)12-21(30)6-7-24(31)28-14-17(2)15-29-23(28)11-18(3)27-29/h2*4-5,8-11,13,17H,6-7,12,14-15H2,1-3H3/t2*17-/m10/s1. The van der Waals surface area contributed by atoms with E-state index in [1.165, 1.54) is 0 Å². The molecule has 2 atom stereocenters. The number of nitrogens with zero attached hydrogens (tertiary/aromatic N) is 10. The maximum absolute atomic E-state index is 12.8. The number of amides is 2. The topological polar surface area (TPSA) is 162 Å². The number of aromatic nitrogens is 8. The van der Waals surface area contributed by atoms with E-state index in [0.29, 0.717) is 36.3 Å². The van der Waals surface area contributed by atoms with Crippen molar-refractivity contribution in [2.45, 2.75) is 93.2 Å². The minimum Gasteiger partial charge on any atom is -0.299 e. The molecule has 8 rings (SSSR count). The summed E-state index contributed by atoms with van der Waals surface area (Å²) in [6.45, 7) is 15.0. The molecule has 14 heteroatoms. The number of fused-ring (bicyclic) bond motifs is 2. The van der Waals surface area contributed by atoms with E-state index < -0.39 is 0 Å². The first kappa shape index (κ1) is 43.4. The molecule has 0 saturated heterocycles. The summed E-state index contributed by atoms with van der Waals surface area (Å²) in [4.78, 5) is 71.7. The number of aryl methyl sites for hydroxylation is 4. The van der Waals surface area contributed by atoms with Gasteiger partial charge in [-0.3, -0.25) is 48.9 Å². The van der Waals surface area contributed by atoms with E-state index in [1.807, 2.05) is 97.7 Å². The summed E-state index contributed by atoms with van der Waals surface area (Å²) in [7, 11) is 0. The third kappa shape index (κ3) is 11.0. The number of hydrogen-bond acceptors (Lipinski definition) is 10. The molecule has 14 nitrogen and oxygen atoms in total. The van der Waals surface area contributed by atoms with Crippen LogP contribution >= 0.6 is 0 Å². The van der Waals surface area contributed by atoms with Gasteiger partial charge in [0.2, 0.25) is 11.8 Å². The summed E-state index contributed by atoms with van der Waals surface area (Å²) < 4.78 is 3.77. The molecule has 2 aliphatic rings. The number of carbonyl (C=O) groups is 4. The van der Waals surface area contributed by atoms with Crippen molar-refractivity contribution in [3.63, 3.8) is 0 Å². The highest BCUT2D eigenvalue weighted by Gasteiger charge is 2.29. The molecule has 320 valence electrons. The van der Waals surface area contributed by atoms with Crippen molar-refractivity contribution < 1.29 is 19.2 Å². The van der Waals surface area contributed by atoms with Crippen molar-refractivity contribution >= 4 is 35.0 Å². The highest BCUT2D eigenvalue weighted by atomic mass is 16.2. The van der Waals surface area contributed by atoms with Gasteiger partial charge in [-0.25, -0.2) is 9.36 Å². The summed E-state index contributed by atoms with van der Waals surface area (Å²) in [6.07, 6.45) is 8.29. The highest BCUT2D eigenvalue weighted by molar-refractivity contribution is 5.96. The largest absolute Gasteiger partial charge is 0.299 e. The lowest BCUT2D eigenvalue weighted by molar-refractivity contribution is -0.123. The van der Waals surface area contributed by atoms with Gasteiger partial charge in [-0.05, 0) is 99.2 Å². The maximum atomic E-state index is 12.8. The maximum Gasteiger partial charge on any atom is 0.228 e. The molecule has 0 radical (unpaired) electrons. The number of anilines is 2. The van der Waals surface area contributed by atoms with Crippen molar-refractivity contribution in [2.24, 2.45) is 11.8 Å². The molecule has 0 aliphatic carbocycles. The van der Waals surface area contributed by atoms with Crippen molar-refractivity contribution in [2.75, 3.05) is 22.9 Å². The van der Waals surface area contributed by atoms with Gasteiger partial charge in [-0.2, -0.15) is 10.2 Å². The number of hydrogen-bond donors (Lipinski definition) is 0. The van der Waals surface area contributed by atoms with Crippen LogP contribution in [0.5, 0.6) is 0 Å². The van der Waals surface area contributed by atoms with Crippen LogP contribution in [0.1, 0.15) is 73.4 Å². The van der Waals surface area contributed by atoms with Crippen LogP contribution in [-0.2, 0) is 45.1 Å².